The number of carbonyl (C=O) groups is 1. The van der Waals surface area contributed by atoms with Gasteiger partial charge < -0.3 is 20.3 Å². The molecular formula is C13H19NO4. The van der Waals surface area contributed by atoms with Crippen molar-refractivity contribution in [2.24, 2.45) is 0 Å². The minimum absolute atomic E-state index is 0.0482. The van der Waals surface area contributed by atoms with Gasteiger partial charge in [-0.2, -0.15) is 0 Å². The lowest BCUT2D eigenvalue weighted by molar-refractivity contribution is -0.142. The number of carbonyl (C=O) groups excluding carboxylic acids is 1. The van der Waals surface area contributed by atoms with Crippen LogP contribution in [-0.4, -0.2) is 42.5 Å². The van der Waals surface area contributed by atoms with E-state index >= 15 is 0 Å². The molecule has 0 saturated carbocycles. The van der Waals surface area contributed by atoms with Crippen LogP contribution in [0.3, 0.4) is 0 Å². The molecule has 5 nitrogen and oxygen atoms in total. The van der Waals surface area contributed by atoms with Crippen molar-refractivity contribution in [3.63, 3.8) is 0 Å². The molecule has 18 heavy (non-hydrogen) atoms. The molecule has 0 fully saturated rings. The number of methoxy groups -OCH3 is 1. The first-order chi connectivity index (χ1) is 8.69. The molecule has 0 amide bonds. The molecule has 5 heteroatoms. The van der Waals surface area contributed by atoms with Crippen LogP contribution in [0.4, 0.5) is 0 Å². The van der Waals surface area contributed by atoms with Crippen LogP contribution in [-0.2, 0) is 9.53 Å². The van der Waals surface area contributed by atoms with Crippen LogP contribution in [0.15, 0.2) is 30.3 Å². The van der Waals surface area contributed by atoms with Crippen LogP contribution in [0.5, 0.6) is 0 Å². The zero-order chi connectivity index (χ0) is 13.4. The number of hydrogen-bond acceptors (Lipinski definition) is 5. The molecule has 0 aliphatic rings. The van der Waals surface area contributed by atoms with Gasteiger partial charge in [0, 0.05) is 12.6 Å². The van der Waals surface area contributed by atoms with Crippen LogP contribution in [0, 0.1) is 0 Å². The number of benzene rings is 1. The Bertz CT molecular complexity index is 355. The average molecular weight is 253 g/mol. The summed E-state index contributed by atoms with van der Waals surface area (Å²) in [5, 5.41) is 21.9. The SMILES string of the molecule is COC(=O)CC(NCCO)C(O)c1ccccc1. The first-order valence-corrected chi connectivity index (χ1v) is 5.83. The van der Waals surface area contributed by atoms with E-state index in [4.69, 9.17) is 5.11 Å². The van der Waals surface area contributed by atoms with Crippen molar-refractivity contribution >= 4 is 5.97 Å². The van der Waals surface area contributed by atoms with Crippen molar-refractivity contribution in [2.45, 2.75) is 18.6 Å². The molecule has 0 spiro atoms. The van der Waals surface area contributed by atoms with Crippen LogP contribution >= 0.6 is 0 Å². The second-order valence-corrected chi connectivity index (χ2v) is 3.92. The summed E-state index contributed by atoms with van der Waals surface area (Å²) in [6.07, 6.45) is -0.774. The second kappa shape index (κ2) is 7.81. The number of aliphatic hydroxyl groups excluding tert-OH is 2. The highest BCUT2D eigenvalue weighted by Crippen LogP contribution is 2.18. The van der Waals surface area contributed by atoms with Gasteiger partial charge in [0.05, 0.1) is 26.2 Å². The van der Waals surface area contributed by atoms with Crippen LogP contribution < -0.4 is 5.32 Å². The fourth-order valence-electron chi connectivity index (χ4n) is 1.69. The number of aliphatic hydroxyl groups is 2. The van der Waals surface area contributed by atoms with Gasteiger partial charge in [-0.05, 0) is 5.56 Å². The molecule has 3 N–H and O–H groups in total. The first kappa shape index (κ1) is 14.6. The molecular weight excluding hydrogens is 234 g/mol. The highest BCUT2D eigenvalue weighted by molar-refractivity contribution is 5.70. The Morgan fingerprint density at radius 3 is 2.61 bits per heavy atom. The normalized spacial score (nSPS) is 13.9. The summed E-state index contributed by atoms with van der Waals surface area (Å²) in [6.45, 7) is 0.255. The van der Waals surface area contributed by atoms with Crippen molar-refractivity contribution in [1.29, 1.82) is 0 Å². The number of hydrogen-bond donors (Lipinski definition) is 3. The molecule has 1 aromatic rings. The van der Waals surface area contributed by atoms with Crippen molar-refractivity contribution in [1.82, 2.24) is 5.32 Å². The van der Waals surface area contributed by atoms with E-state index in [1.807, 2.05) is 18.2 Å². The Labute approximate surface area is 106 Å². The average Bonchev–Trinajstić information content (AvgIpc) is 2.43. The summed E-state index contributed by atoms with van der Waals surface area (Å²) in [6, 6.07) is 8.59. The predicted octanol–water partition coefficient (Wildman–Crippen LogP) is 0.234. The number of ether oxygens (including phenoxy) is 1. The zero-order valence-electron chi connectivity index (χ0n) is 10.4. The van der Waals surface area contributed by atoms with E-state index in [2.05, 4.69) is 10.1 Å². The van der Waals surface area contributed by atoms with Gasteiger partial charge in [0.2, 0.25) is 0 Å². The topological polar surface area (TPSA) is 78.8 Å². The van der Waals surface area contributed by atoms with E-state index in [1.165, 1.54) is 7.11 Å². The molecule has 0 radical (unpaired) electrons. The highest BCUT2D eigenvalue weighted by atomic mass is 16.5. The number of rotatable bonds is 7. The molecule has 2 atom stereocenters. The Morgan fingerprint density at radius 2 is 2.06 bits per heavy atom. The van der Waals surface area contributed by atoms with Gasteiger partial charge >= 0.3 is 5.97 Å². The molecule has 1 rings (SSSR count). The number of nitrogens with one attached hydrogen (secondary N) is 1. The summed E-state index contributed by atoms with van der Waals surface area (Å²) >= 11 is 0. The van der Waals surface area contributed by atoms with Crippen molar-refractivity contribution in [3.8, 4) is 0 Å². The molecule has 1 aromatic carbocycles. The van der Waals surface area contributed by atoms with Crippen molar-refractivity contribution in [2.75, 3.05) is 20.3 Å². The summed E-state index contributed by atoms with van der Waals surface area (Å²) in [5.74, 6) is -0.402. The molecule has 0 saturated heterocycles. The van der Waals surface area contributed by atoms with E-state index in [1.54, 1.807) is 12.1 Å². The maximum absolute atomic E-state index is 11.3. The van der Waals surface area contributed by atoms with Crippen LogP contribution in [0.1, 0.15) is 18.1 Å². The molecule has 0 bridgehead atoms. The van der Waals surface area contributed by atoms with Crippen molar-refractivity contribution in [3.05, 3.63) is 35.9 Å². The summed E-state index contributed by atoms with van der Waals surface area (Å²) in [4.78, 5) is 11.3. The highest BCUT2D eigenvalue weighted by Gasteiger charge is 2.23. The molecule has 2 unspecified atom stereocenters. The maximum atomic E-state index is 11.3. The largest absolute Gasteiger partial charge is 0.469 e. The van der Waals surface area contributed by atoms with Gasteiger partial charge in [0.25, 0.3) is 0 Å². The first-order valence-electron chi connectivity index (χ1n) is 5.83. The third-order valence-corrected chi connectivity index (χ3v) is 2.65. The molecule has 0 aliphatic heterocycles. The lowest BCUT2D eigenvalue weighted by Crippen LogP contribution is -2.38. The summed E-state index contributed by atoms with van der Waals surface area (Å²) < 4.78 is 4.59. The Morgan fingerprint density at radius 1 is 1.39 bits per heavy atom. The fraction of sp³-hybridized carbons (Fsp3) is 0.462. The van der Waals surface area contributed by atoms with Gasteiger partial charge in [-0.25, -0.2) is 0 Å². The van der Waals surface area contributed by atoms with Gasteiger partial charge in [0.1, 0.15) is 0 Å². The fourth-order valence-corrected chi connectivity index (χ4v) is 1.69. The molecule has 0 aromatic heterocycles. The van der Waals surface area contributed by atoms with Gasteiger partial charge in [0.15, 0.2) is 0 Å². The third-order valence-electron chi connectivity index (χ3n) is 2.65. The quantitative estimate of drug-likeness (QED) is 0.606. The van der Waals surface area contributed by atoms with E-state index in [9.17, 15) is 9.90 Å². The predicted molar refractivity (Wildman–Crippen MR) is 66.9 cm³/mol. The molecule has 0 aliphatic carbocycles. The van der Waals surface area contributed by atoms with E-state index in [-0.39, 0.29) is 13.0 Å². The minimum atomic E-state index is -0.822. The molecule has 0 heterocycles. The lowest BCUT2D eigenvalue weighted by Gasteiger charge is -2.23. The Hall–Kier alpha value is -1.43. The van der Waals surface area contributed by atoms with E-state index in [0.29, 0.717) is 6.54 Å². The summed E-state index contributed by atoms with van der Waals surface area (Å²) in [7, 11) is 1.31. The monoisotopic (exact) mass is 253 g/mol. The maximum Gasteiger partial charge on any atom is 0.307 e. The molecule has 100 valence electrons. The third kappa shape index (κ3) is 4.44. The smallest absolute Gasteiger partial charge is 0.307 e. The van der Waals surface area contributed by atoms with Crippen LogP contribution in [0.25, 0.3) is 0 Å². The Balaban J connectivity index is 2.71. The van der Waals surface area contributed by atoms with E-state index < -0.39 is 18.1 Å². The second-order valence-electron chi connectivity index (χ2n) is 3.92. The van der Waals surface area contributed by atoms with Crippen molar-refractivity contribution < 1.29 is 19.7 Å². The van der Waals surface area contributed by atoms with E-state index in [0.717, 1.165) is 5.56 Å². The summed E-state index contributed by atoms with van der Waals surface area (Å²) in [5.41, 5.74) is 0.719. The van der Waals surface area contributed by atoms with Gasteiger partial charge in [-0.3, -0.25) is 4.79 Å². The lowest BCUT2D eigenvalue weighted by atomic mass is 10.00. The van der Waals surface area contributed by atoms with Gasteiger partial charge in [-0.15, -0.1) is 0 Å². The van der Waals surface area contributed by atoms with Crippen LogP contribution in [0.2, 0.25) is 0 Å². The zero-order valence-corrected chi connectivity index (χ0v) is 10.4. The Kier molecular flexibility index (Phi) is 6.35. The number of esters is 1. The standard InChI is InChI=1S/C13H19NO4/c1-18-12(16)9-11(14-7-8-15)13(17)10-5-3-2-4-6-10/h2-6,11,13-15,17H,7-9H2,1H3. The van der Waals surface area contributed by atoms with Gasteiger partial charge in [-0.1, -0.05) is 30.3 Å². The minimum Gasteiger partial charge on any atom is -0.469 e.